The van der Waals surface area contributed by atoms with E-state index in [1.54, 1.807) is 13.1 Å². The smallest absolute Gasteiger partial charge is 0.317 e. The highest BCUT2D eigenvalue weighted by molar-refractivity contribution is 6.74. The third kappa shape index (κ3) is 6.43. The fourth-order valence-corrected chi connectivity index (χ4v) is 3.24. The predicted molar refractivity (Wildman–Crippen MR) is 108 cm³/mol. The number of likely N-dealkylation sites (N-methyl/N-ethyl adjacent to an activating group) is 1. The van der Waals surface area contributed by atoms with E-state index in [4.69, 9.17) is 4.43 Å². The zero-order valence-electron chi connectivity index (χ0n) is 17.2. The van der Waals surface area contributed by atoms with Gasteiger partial charge in [-0.2, -0.15) is 0 Å². The third-order valence-electron chi connectivity index (χ3n) is 5.21. The van der Waals surface area contributed by atoms with Gasteiger partial charge in [-0.25, -0.2) is 13.6 Å². The van der Waals surface area contributed by atoms with Crippen LogP contribution >= 0.6 is 0 Å². The van der Waals surface area contributed by atoms with Gasteiger partial charge in [0, 0.05) is 19.2 Å². The van der Waals surface area contributed by atoms with Crippen LogP contribution in [0.3, 0.4) is 0 Å². The van der Waals surface area contributed by atoms with Gasteiger partial charge in [0.25, 0.3) is 0 Å². The van der Waals surface area contributed by atoms with Crippen molar-refractivity contribution in [2.75, 3.05) is 13.7 Å². The van der Waals surface area contributed by atoms with Crippen molar-refractivity contribution in [2.45, 2.75) is 57.9 Å². The van der Waals surface area contributed by atoms with Gasteiger partial charge >= 0.3 is 6.03 Å². The molecule has 0 radical (unpaired) electrons. The van der Waals surface area contributed by atoms with Crippen LogP contribution in [0.5, 0.6) is 0 Å². The summed E-state index contributed by atoms with van der Waals surface area (Å²) in [4.78, 5) is 14.0. The number of carbonyl (C=O) groups excluding carboxylic acids is 1. The van der Waals surface area contributed by atoms with Gasteiger partial charge in [0.05, 0.1) is 12.6 Å². The fraction of sp³-hybridized carbons (Fsp3) is 0.550. The van der Waals surface area contributed by atoms with Crippen LogP contribution in [0, 0.1) is 11.6 Å². The van der Waals surface area contributed by atoms with Gasteiger partial charge in [-0.3, -0.25) is 0 Å². The molecule has 2 amide bonds. The first-order chi connectivity index (χ1) is 12.4. The van der Waals surface area contributed by atoms with Gasteiger partial charge in [-0.05, 0) is 30.6 Å². The molecule has 0 aliphatic heterocycles. The maximum Gasteiger partial charge on any atom is 0.317 e. The van der Waals surface area contributed by atoms with E-state index < -0.39 is 20.0 Å². The molecule has 7 heteroatoms. The SMILES string of the molecule is C=CCC(CO[Si](C)(C)C(C)(C)C)N(C)C(=O)NCc1cccc(F)c1F. The third-order valence-corrected chi connectivity index (χ3v) is 9.71. The number of urea groups is 1. The summed E-state index contributed by atoms with van der Waals surface area (Å²) in [6.07, 6.45) is 2.32. The molecule has 1 unspecified atom stereocenters. The summed E-state index contributed by atoms with van der Waals surface area (Å²) >= 11 is 0. The zero-order chi connectivity index (χ0) is 20.8. The molecule has 1 N–H and O–H groups in total. The molecule has 0 aliphatic rings. The van der Waals surface area contributed by atoms with E-state index in [-0.39, 0.29) is 29.2 Å². The minimum Gasteiger partial charge on any atom is -0.415 e. The maximum atomic E-state index is 13.7. The largest absolute Gasteiger partial charge is 0.415 e. The number of rotatable bonds is 8. The van der Waals surface area contributed by atoms with Crippen LogP contribution in [0.2, 0.25) is 18.1 Å². The topological polar surface area (TPSA) is 41.6 Å². The standard InChI is InChI=1S/C20H32F2N2O2Si/c1-8-10-16(14-26-27(6,7)20(2,3)4)24(5)19(25)23-13-15-11-9-12-17(21)18(15)22/h8-9,11-12,16H,1,10,13-14H2,2-7H3,(H,23,25). The van der Waals surface area contributed by atoms with E-state index in [1.807, 2.05) is 0 Å². The Morgan fingerprint density at radius 3 is 2.56 bits per heavy atom. The average molecular weight is 399 g/mol. The minimum atomic E-state index is -1.95. The Bertz CT molecular complexity index is 660. The molecule has 1 aromatic carbocycles. The highest BCUT2D eigenvalue weighted by atomic mass is 28.4. The molecule has 1 atom stereocenters. The van der Waals surface area contributed by atoms with Crippen molar-refractivity contribution in [3.63, 3.8) is 0 Å². The van der Waals surface area contributed by atoms with Gasteiger partial charge in [-0.1, -0.05) is 39.0 Å². The number of hydrogen-bond donors (Lipinski definition) is 1. The highest BCUT2D eigenvalue weighted by Gasteiger charge is 2.38. The molecule has 0 heterocycles. The summed E-state index contributed by atoms with van der Waals surface area (Å²) in [6.45, 7) is 14.9. The quantitative estimate of drug-likeness (QED) is 0.490. The van der Waals surface area contributed by atoms with E-state index in [0.29, 0.717) is 13.0 Å². The summed E-state index contributed by atoms with van der Waals surface area (Å²) < 4.78 is 33.2. The van der Waals surface area contributed by atoms with Crippen molar-refractivity contribution in [3.8, 4) is 0 Å². The Kier molecular flexibility index (Phi) is 8.17. The number of hydrogen-bond acceptors (Lipinski definition) is 2. The summed E-state index contributed by atoms with van der Waals surface area (Å²) in [5.41, 5.74) is 0.106. The van der Waals surface area contributed by atoms with Crippen LogP contribution in [0.15, 0.2) is 30.9 Å². The molecule has 0 fully saturated rings. The van der Waals surface area contributed by atoms with Gasteiger partial charge in [0.2, 0.25) is 0 Å². The lowest BCUT2D eigenvalue weighted by molar-refractivity contribution is 0.152. The summed E-state index contributed by atoms with van der Waals surface area (Å²) in [5.74, 6) is -1.87. The van der Waals surface area contributed by atoms with Crippen LogP contribution < -0.4 is 5.32 Å². The van der Waals surface area contributed by atoms with Crippen LogP contribution in [-0.4, -0.2) is 38.9 Å². The van der Waals surface area contributed by atoms with Crippen LogP contribution in [0.4, 0.5) is 13.6 Å². The lowest BCUT2D eigenvalue weighted by Crippen LogP contribution is -2.49. The number of benzene rings is 1. The van der Waals surface area contributed by atoms with Crippen LogP contribution in [-0.2, 0) is 11.0 Å². The lowest BCUT2D eigenvalue weighted by atomic mass is 10.2. The molecule has 0 spiro atoms. The second-order valence-corrected chi connectivity index (χ2v) is 13.0. The maximum absolute atomic E-state index is 13.7. The first-order valence-corrected chi connectivity index (χ1v) is 12.0. The Labute approximate surface area is 162 Å². The van der Waals surface area contributed by atoms with Crippen molar-refractivity contribution in [2.24, 2.45) is 0 Å². The van der Waals surface area contributed by atoms with E-state index in [9.17, 15) is 13.6 Å². The van der Waals surface area contributed by atoms with Gasteiger partial charge in [-0.15, -0.1) is 6.58 Å². The number of carbonyl (C=O) groups is 1. The molecular formula is C20H32F2N2O2Si. The van der Waals surface area contributed by atoms with Crippen molar-refractivity contribution in [1.82, 2.24) is 10.2 Å². The Morgan fingerprint density at radius 1 is 1.37 bits per heavy atom. The van der Waals surface area contributed by atoms with E-state index in [2.05, 4.69) is 45.8 Å². The number of nitrogens with zero attached hydrogens (tertiary/aromatic N) is 1. The predicted octanol–water partition coefficient (Wildman–Crippen LogP) is 5.07. The monoisotopic (exact) mass is 398 g/mol. The molecule has 0 saturated carbocycles. The summed E-state index contributed by atoms with van der Waals surface area (Å²) in [6, 6.07) is 3.35. The van der Waals surface area contributed by atoms with E-state index in [1.165, 1.54) is 17.0 Å². The van der Waals surface area contributed by atoms with Gasteiger partial charge in [0.15, 0.2) is 20.0 Å². The number of amides is 2. The minimum absolute atomic E-state index is 0.0709. The Morgan fingerprint density at radius 2 is 2.00 bits per heavy atom. The van der Waals surface area contributed by atoms with Crippen LogP contribution in [0.25, 0.3) is 0 Å². The Hall–Kier alpha value is -1.73. The molecule has 0 bridgehead atoms. The van der Waals surface area contributed by atoms with Crippen LogP contribution in [0.1, 0.15) is 32.8 Å². The molecule has 0 aliphatic carbocycles. The molecule has 152 valence electrons. The molecular weight excluding hydrogens is 366 g/mol. The fourth-order valence-electron chi connectivity index (χ4n) is 2.20. The van der Waals surface area contributed by atoms with Gasteiger partial charge in [0.1, 0.15) is 0 Å². The Balaban J connectivity index is 2.73. The number of nitrogens with one attached hydrogen (secondary N) is 1. The second kappa shape index (κ2) is 9.46. The molecule has 27 heavy (non-hydrogen) atoms. The molecule has 0 saturated heterocycles. The first kappa shape index (κ1) is 23.3. The summed E-state index contributed by atoms with van der Waals surface area (Å²) in [7, 11) is -0.279. The molecule has 4 nitrogen and oxygen atoms in total. The average Bonchev–Trinajstić information content (AvgIpc) is 2.58. The number of halogens is 2. The lowest BCUT2D eigenvalue weighted by Gasteiger charge is -2.38. The van der Waals surface area contributed by atoms with Crippen molar-refractivity contribution < 1.29 is 18.0 Å². The van der Waals surface area contributed by atoms with Gasteiger partial charge < -0.3 is 14.6 Å². The second-order valence-electron chi connectivity index (χ2n) is 8.23. The zero-order valence-corrected chi connectivity index (χ0v) is 18.2. The van der Waals surface area contributed by atoms with Crippen molar-refractivity contribution >= 4 is 14.3 Å². The molecule has 0 aromatic heterocycles. The van der Waals surface area contributed by atoms with E-state index >= 15 is 0 Å². The molecule has 1 rings (SSSR count). The molecule has 1 aromatic rings. The first-order valence-electron chi connectivity index (χ1n) is 9.09. The van der Waals surface area contributed by atoms with E-state index in [0.717, 1.165) is 6.07 Å². The van der Waals surface area contributed by atoms with Crippen molar-refractivity contribution in [3.05, 3.63) is 48.1 Å². The van der Waals surface area contributed by atoms with Crippen molar-refractivity contribution in [1.29, 1.82) is 0 Å². The summed E-state index contributed by atoms with van der Waals surface area (Å²) in [5, 5.41) is 2.71. The highest BCUT2D eigenvalue weighted by Crippen LogP contribution is 2.36. The normalized spacial score (nSPS) is 13.2.